The van der Waals surface area contributed by atoms with E-state index in [0.717, 1.165) is 0 Å². The minimum absolute atomic E-state index is 0.171. The smallest absolute Gasteiger partial charge is 0.331 e. The van der Waals surface area contributed by atoms with Gasteiger partial charge in [-0.2, -0.15) is 0 Å². The summed E-state index contributed by atoms with van der Waals surface area (Å²) in [7, 11) is 1.51. The van der Waals surface area contributed by atoms with E-state index in [4.69, 9.17) is 9.84 Å². The summed E-state index contributed by atoms with van der Waals surface area (Å²) in [4.78, 5) is 10.4. The summed E-state index contributed by atoms with van der Waals surface area (Å²) in [5, 5.41) is 8.50. The van der Waals surface area contributed by atoms with Gasteiger partial charge in [-0.3, -0.25) is 0 Å². The Kier molecular flexibility index (Phi) is 5.32. The van der Waals surface area contributed by atoms with Gasteiger partial charge in [0, 0.05) is 12.7 Å². The van der Waals surface area contributed by atoms with E-state index in [1.807, 2.05) is 0 Å². The van der Waals surface area contributed by atoms with Crippen LogP contribution in [-0.2, 0) is 14.3 Å². The molecule has 0 spiro atoms. The van der Waals surface area contributed by atoms with E-state index >= 15 is 0 Å². The SMILES string of the molecule is COCOC(C)C=C(C)C(=O)O. The number of rotatable bonds is 5. The van der Waals surface area contributed by atoms with Crippen LogP contribution >= 0.6 is 0 Å². The minimum atomic E-state index is -0.928. The van der Waals surface area contributed by atoms with Crippen LogP contribution in [0.15, 0.2) is 11.6 Å². The van der Waals surface area contributed by atoms with Crippen molar-refractivity contribution in [1.29, 1.82) is 0 Å². The van der Waals surface area contributed by atoms with Crippen LogP contribution in [0.2, 0.25) is 0 Å². The van der Waals surface area contributed by atoms with Crippen LogP contribution in [0, 0.1) is 0 Å². The molecule has 0 aromatic heterocycles. The molecule has 0 amide bonds. The lowest BCUT2D eigenvalue weighted by atomic mass is 10.2. The molecule has 0 fully saturated rings. The van der Waals surface area contributed by atoms with Gasteiger partial charge in [0.1, 0.15) is 6.79 Å². The Balaban J connectivity index is 3.87. The molecule has 0 heterocycles. The fraction of sp³-hybridized carbons (Fsp3) is 0.625. The number of carbonyl (C=O) groups is 1. The van der Waals surface area contributed by atoms with E-state index in [9.17, 15) is 4.79 Å². The van der Waals surface area contributed by atoms with Gasteiger partial charge >= 0.3 is 5.97 Å². The van der Waals surface area contributed by atoms with E-state index in [-0.39, 0.29) is 18.5 Å². The van der Waals surface area contributed by atoms with Gasteiger partial charge in [0.15, 0.2) is 0 Å². The Morgan fingerprint density at radius 1 is 1.67 bits per heavy atom. The fourth-order valence-electron chi connectivity index (χ4n) is 0.647. The van der Waals surface area contributed by atoms with Crippen LogP contribution in [0.1, 0.15) is 13.8 Å². The predicted octanol–water partition coefficient (Wildman–Crippen LogP) is 1.03. The summed E-state index contributed by atoms with van der Waals surface area (Å²) >= 11 is 0. The molecule has 0 aromatic carbocycles. The number of hydrogen-bond donors (Lipinski definition) is 1. The molecule has 0 aromatic rings. The maximum absolute atomic E-state index is 10.4. The highest BCUT2D eigenvalue weighted by molar-refractivity contribution is 5.85. The van der Waals surface area contributed by atoms with Gasteiger partial charge in [-0.25, -0.2) is 4.79 Å². The number of carboxylic acid groups (broad SMARTS) is 1. The zero-order chi connectivity index (χ0) is 9.56. The van der Waals surface area contributed by atoms with Crippen molar-refractivity contribution in [3.05, 3.63) is 11.6 Å². The molecule has 0 bridgehead atoms. The van der Waals surface area contributed by atoms with E-state index in [1.54, 1.807) is 6.92 Å². The lowest BCUT2D eigenvalue weighted by molar-refractivity contribution is -0.132. The fourth-order valence-corrected chi connectivity index (χ4v) is 0.647. The molecule has 0 aliphatic rings. The van der Waals surface area contributed by atoms with Crippen molar-refractivity contribution >= 4 is 5.97 Å². The molecule has 1 unspecified atom stereocenters. The molecular formula is C8H14O4. The summed E-state index contributed by atoms with van der Waals surface area (Å²) in [5.74, 6) is -0.928. The van der Waals surface area contributed by atoms with Gasteiger partial charge in [0.25, 0.3) is 0 Å². The lowest BCUT2D eigenvalue weighted by Crippen LogP contribution is -2.09. The lowest BCUT2D eigenvalue weighted by Gasteiger charge is -2.07. The van der Waals surface area contributed by atoms with Crippen LogP contribution in [0.4, 0.5) is 0 Å². The van der Waals surface area contributed by atoms with Gasteiger partial charge < -0.3 is 14.6 Å². The minimum Gasteiger partial charge on any atom is -0.478 e. The maximum Gasteiger partial charge on any atom is 0.331 e. The molecule has 70 valence electrons. The van der Waals surface area contributed by atoms with Crippen molar-refractivity contribution in [3.63, 3.8) is 0 Å². The summed E-state index contributed by atoms with van der Waals surface area (Å²) in [6, 6.07) is 0. The molecular weight excluding hydrogens is 160 g/mol. The number of methoxy groups -OCH3 is 1. The van der Waals surface area contributed by atoms with Crippen molar-refractivity contribution in [2.75, 3.05) is 13.9 Å². The highest BCUT2D eigenvalue weighted by atomic mass is 16.7. The number of ether oxygens (including phenoxy) is 2. The third kappa shape index (κ3) is 4.87. The van der Waals surface area contributed by atoms with Gasteiger partial charge in [-0.05, 0) is 19.9 Å². The van der Waals surface area contributed by atoms with Gasteiger partial charge in [0.2, 0.25) is 0 Å². The number of carboxylic acids is 1. The summed E-state index contributed by atoms with van der Waals surface area (Å²) in [5.41, 5.74) is 0.276. The first-order chi connectivity index (χ1) is 5.57. The quantitative estimate of drug-likeness (QED) is 0.499. The van der Waals surface area contributed by atoms with Crippen molar-refractivity contribution in [2.24, 2.45) is 0 Å². The van der Waals surface area contributed by atoms with E-state index in [2.05, 4.69) is 4.74 Å². The van der Waals surface area contributed by atoms with Crippen LogP contribution in [0.3, 0.4) is 0 Å². The highest BCUT2D eigenvalue weighted by Crippen LogP contribution is 1.99. The van der Waals surface area contributed by atoms with E-state index in [1.165, 1.54) is 20.1 Å². The summed E-state index contributed by atoms with van der Waals surface area (Å²) in [6.07, 6.45) is 1.29. The molecule has 0 saturated carbocycles. The topological polar surface area (TPSA) is 55.8 Å². The monoisotopic (exact) mass is 174 g/mol. The van der Waals surface area contributed by atoms with Crippen molar-refractivity contribution in [2.45, 2.75) is 20.0 Å². The molecule has 4 heteroatoms. The molecule has 0 saturated heterocycles. The van der Waals surface area contributed by atoms with E-state index in [0.29, 0.717) is 0 Å². The Hall–Kier alpha value is -0.870. The van der Waals surface area contributed by atoms with Crippen LogP contribution < -0.4 is 0 Å². The third-order valence-electron chi connectivity index (χ3n) is 1.27. The zero-order valence-corrected chi connectivity index (χ0v) is 7.53. The van der Waals surface area contributed by atoms with Crippen molar-refractivity contribution in [3.8, 4) is 0 Å². The Labute approximate surface area is 71.8 Å². The molecule has 0 radical (unpaired) electrons. The Morgan fingerprint density at radius 2 is 2.25 bits per heavy atom. The number of hydrogen-bond acceptors (Lipinski definition) is 3. The molecule has 4 nitrogen and oxygen atoms in total. The predicted molar refractivity (Wildman–Crippen MR) is 43.8 cm³/mol. The molecule has 12 heavy (non-hydrogen) atoms. The molecule has 1 atom stereocenters. The standard InChI is InChI=1S/C8H14O4/c1-6(8(9)10)4-7(2)12-5-11-3/h4,7H,5H2,1-3H3,(H,9,10). The average molecular weight is 174 g/mol. The normalized spacial score (nSPS) is 14.4. The van der Waals surface area contributed by atoms with Crippen LogP contribution in [-0.4, -0.2) is 31.1 Å². The van der Waals surface area contributed by atoms with Crippen LogP contribution in [0.25, 0.3) is 0 Å². The van der Waals surface area contributed by atoms with E-state index < -0.39 is 5.97 Å². The second kappa shape index (κ2) is 5.74. The van der Waals surface area contributed by atoms with Gasteiger partial charge in [-0.1, -0.05) is 0 Å². The Morgan fingerprint density at radius 3 is 2.67 bits per heavy atom. The summed E-state index contributed by atoms with van der Waals surface area (Å²) in [6.45, 7) is 3.45. The molecule has 0 rings (SSSR count). The first kappa shape index (κ1) is 11.1. The van der Waals surface area contributed by atoms with Crippen molar-refractivity contribution < 1.29 is 19.4 Å². The maximum atomic E-state index is 10.4. The first-order valence-electron chi connectivity index (χ1n) is 3.60. The molecule has 0 aliphatic carbocycles. The van der Waals surface area contributed by atoms with Gasteiger partial charge in [-0.15, -0.1) is 0 Å². The first-order valence-corrected chi connectivity index (χ1v) is 3.60. The second-order valence-corrected chi connectivity index (χ2v) is 2.43. The largest absolute Gasteiger partial charge is 0.478 e. The second-order valence-electron chi connectivity index (χ2n) is 2.43. The average Bonchev–Trinajstić information content (AvgIpc) is 2.00. The number of aliphatic carboxylic acids is 1. The highest BCUT2D eigenvalue weighted by Gasteiger charge is 2.03. The van der Waals surface area contributed by atoms with Crippen LogP contribution in [0.5, 0.6) is 0 Å². The summed E-state index contributed by atoms with van der Waals surface area (Å²) < 4.78 is 9.71. The molecule has 0 aliphatic heterocycles. The Bertz CT molecular complexity index is 174. The molecule has 1 N–H and O–H groups in total. The van der Waals surface area contributed by atoms with Gasteiger partial charge in [0.05, 0.1) is 6.10 Å². The third-order valence-corrected chi connectivity index (χ3v) is 1.27. The van der Waals surface area contributed by atoms with Crippen molar-refractivity contribution in [1.82, 2.24) is 0 Å². The zero-order valence-electron chi connectivity index (χ0n) is 7.53.